The number of hydrogen-bond donors (Lipinski definition) is 2. The molecule has 8 heteroatoms. The van der Waals surface area contributed by atoms with Gasteiger partial charge in [0.15, 0.2) is 11.5 Å². The molecule has 1 saturated heterocycles. The van der Waals surface area contributed by atoms with Gasteiger partial charge in [0, 0.05) is 50.2 Å². The molecular formula is C19H30N6O2. The van der Waals surface area contributed by atoms with Crippen molar-refractivity contribution in [2.24, 2.45) is 0 Å². The number of anilines is 2. The van der Waals surface area contributed by atoms with Crippen LogP contribution in [-0.2, 0) is 0 Å². The van der Waals surface area contributed by atoms with Crippen LogP contribution in [-0.4, -0.2) is 79.8 Å². The summed E-state index contributed by atoms with van der Waals surface area (Å²) < 4.78 is 10.7. The van der Waals surface area contributed by atoms with Gasteiger partial charge in [0.25, 0.3) is 0 Å². The van der Waals surface area contributed by atoms with Gasteiger partial charge in [-0.05, 0) is 26.5 Å². The highest BCUT2D eigenvalue weighted by molar-refractivity contribution is 5.91. The molecule has 1 aliphatic heterocycles. The Bertz CT molecular complexity index is 776. The van der Waals surface area contributed by atoms with Crippen molar-refractivity contribution in [1.29, 1.82) is 0 Å². The molecule has 3 rings (SSSR count). The monoisotopic (exact) mass is 374 g/mol. The standard InChI is InChI=1S/C19H30N6O2/c1-13(5-6-25-9-7-24(2)8-10-25)21-19-22-15-12-17(27-4)16(26-3)11-14(15)18(20)23-19/h11-13H,5-10H2,1-4H3,(H3,20,21,22,23). The summed E-state index contributed by atoms with van der Waals surface area (Å²) in [6.07, 6.45) is 1.02. The van der Waals surface area contributed by atoms with Gasteiger partial charge in [-0.25, -0.2) is 4.98 Å². The number of methoxy groups -OCH3 is 2. The number of rotatable bonds is 7. The lowest BCUT2D eigenvalue weighted by molar-refractivity contribution is 0.151. The molecule has 148 valence electrons. The summed E-state index contributed by atoms with van der Waals surface area (Å²) in [6.45, 7) is 7.74. The SMILES string of the molecule is COc1cc2nc(NC(C)CCN3CCN(C)CC3)nc(N)c2cc1OC. The average molecular weight is 374 g/mol. The van der Waals surface area contributed by atoms with Crippen molar-refractivity contribution in [2.45, 2.75) is 19.4 Å². The third-order valence-electron chi connectivity index (χ3n) is 5.08. The minimum atomic E-state index is 0.252. The number of ether oxygens (including phenoxy) is 2. The fourth-order valence-electron chi connectivity index (χ4n) is 3.28. The molecule has 0 amide bonds. The molecule has 27 heavy (non-hydrogen) atoms. The largest absolute Gasteiger partial charge is 0.493 e. The Morgan fingerprint density at radius 2 is 1.78 bits per heavy atom. The molecule has 3 N–H and O–H groups in total. The van der Waals surface area contributed by atoms with Gasteiger partial charge in [-0.3, -0.25) is 0 Å². The summed E-state index contributed by atoms with van der Waals surface area (Å²) in [4.78, 5) is 13.9. The molecule has 8 nitrogen and oxygen atoms in total. The molecule has 0 spiro atoms. The van der Waals surface area contributed by atoms with E-state index < -0.39 is 0 Å². The average Bonchev–Trinajstić information content (AvgIpc) is 2.66. The molecule has 1 atom stereocenters. The fraction of sp³-hybridized carbons (Fsp3) is 0.579. The van der Waals surface area contributed by atoms with Gasteiger partial charge >= 0.3 is 0 Å². The van der Waals surface area contributed by atoms with Crippen molar-refractivity contribution < 1.29 is 9.47 Å². The molecule has 1 aromatic carbocycles. The van der Waals surface area contributed by atoms with E-state index in [1.165, 1.54) is 0 Å². The molecule has 1 unspecified atom stereocenters. The van der Waals surface area contributed by atoms with Gasteiger partial charge in [-0.15, -0.1) is 0 Å². The highest BCUT2D eigenvalue weighted by atomic mass is 16.5. The number of hydrogen-bond acceptors (Lipinski definition) is 8. The van der Waals surface area contributed by atoms with Crippen LogP contribution in [0.5, 0.6) is 11.5 Å². The zero-order valence-corrected chi connectivity index (χ0v) is 16.7. The highest BCUT2D eigenvalue weighted by Gasteiger charge is 2.16. The van der Waals surface area contributed by atoms with E-state index in [1.807, 2.05) is 12.1 Å². The van der Waals surface area contributed by atoms with Crippen molar-refractivity contribution in [3.63, 3.8) is 0 Å². The number of piperazine rings is 1. The van der Waals surface area contributed by atoms with Gasteiger partial charge in [0.2, 0.25) is 5.95 Å². The van der Waals surface area contributed by atoms with Crippen molar-refractivity contribution in [3.8, 4) is 11.5 Å². The fourth-order valence-corrected chi connectivity index (χ4v) is 3.28. The van der Waals surface area contributed by atoms with Crippen molar-refractivity contribution >= 4 is 22.7 Å². The van der Waals surface area contributed by atoms with Crippen LogP contribution in [0.25, 0.3) is 10.9 Å². The first-order valence-corrected chi connectivity index (χ1v) is 9.37. The van der Waals surface area contributed by atoms with Gasteiger partial charge in [-0.2, -0.15) is 4.98 Å². The van der Waals surface area contributed by atoms with Crippen LogP contribution in [0.1, 0.15) is 13.3 Å². The number of nitrogen functional groups attached to an aromatic ring is 1. The van der Waals surface area contributed by atoms with Crippen LogP contribution in [0.15, 0.2) is 12.1 Å². The van der Waals surface area contributed by atoms with E-state index >= 15 is 0 Å². The summed E-state index contributed by atoms with van der Waals surface area (Å²) in [5.41, 5.74) is 6.88. The molecule has 1 aliphatic rings. The minimum Gasteiger partial charge on any atom is -0.493 e. The van der Waals surface area contributed by atoms with E-state index in [0.29, 0.717) is 23.3 Å². The van der Waals surface area contributed by atoms with Gasteiger partial charge in [-0.1, -0.05) is 0 Å². The maximum absolute atomic E-state index is 6.15. The van der Waals surface area contributed by atoms with Crippen molar-refractivity contribution in [3.05, 3.63) is 12.1 Å². The molecule has 1 fully saturated rings. The number of benzene rings is 1. The van der Waals surface area contributed by atoms with E-state index in [1.54, 1.807) is 14.2 Å². The van der Waals surface area contributed by atoms with E-state index in [2.05, 4.69) is 39.1 Å². The van der Waals surface area contributed by atoms with Crippen LogP contribution < -0.4 is 20.5 Å². The lowest BCUT2D eigenvalue weighted by atomic mass is 10.2. The van der Waals surface area contributed by atoms with Gasteiger partial charge in [0.05, 0.1) is 19.7 Å². The molecule has 0 aliphatic carbocycles. The van der Waals surface area contributed by atoms with Crippen LogP contribution in [0.4, 0.5) is 11.8 Å². The molecule has 0 bridgehead atoms. The third kappa shape index (κ3) is 4.70. The number of fused-ring (bicyclic) bond motifs is 1. The molecular weight excluding hydrogens is 344 g/mol. The first-order chi connectivity index (χ1) is 13.0. The number of aromatic nitrogens is 2. The van der Waals surface area contributed by atoms with Crippen molar-refractivity contribution in [1.82, 2.24) is 19.8 Å². The van der Waals surface area contributed by atoms with E-state index in [-0.39, 0.29) is 6.04 Å². The summed E-state index contributed by atoms with van der Waals surface area (Å²) in [7, 11) is 5.38. The molecule has 0 saturated carbocycles. The number of nitrogens with two attached hydrogens (primary N) is 1. The second-order valence-electron chi connectivity index (χ2n) is 7.14. The van der Waals surface area contributed by atoms with E-state index in [0.717, 1.165) is 50.0 Å². The van der Waals surface area contributed by atoms with Crippen LogP contribution >= 0.6 is 0 Å². The molecule has 2 heterocycles. The van der Waals surface area contributed by atoms with Crippen LogP contribution in [0.3, 0.4) is 0 Å². The second-order valence-corrected chi connectivity index (χ2v) is 7.14. The summed E-state index contributed by atoms with van der Waals surface area (Å²) >= 11 is 0. The number of nitrogens with zero attached hydrogens (tertiary/aromatic N) is 4. The normalized spacial score (nSPS) is 17.0. The molecule has 1 aromatic heterocycles. The lowest BCUT2D eigenvalue weighted by Gasteiger charge is -2.32. The summed E-state index contributed by atoms with van der Waals surface area (Å²) in [5, 5.41) is 4.13. The zero-order valence-electron chi connectivity index (χ0n) is 16.7. The van der Waals surface area contributed by atoms with Gasteiger partial charge < -0.3 is 30.3 Å². The quantitative estimate of drug-likeness (QED) is 0.757. The second kappa shape index (κ2) is 8.58. The third-order valence-corrected chi connectivity index (χ3v) is 5.08. The summed E-state index contributed by atoms with van der Waals surface area (Å²) in [6, 6.07) is 3.89. The Morgan fingerprint density at radius 3 is 2.44 bits per heavy atom. The highest BCUT2D eigenvalue weighted by Crippen LogP contribution is 2.33. The maximum Gasteiger partial charge on any atom is 0.225 e. The Balaban J connectivity index is 1.67. The van der Waals surface area contributed by atoms with Crippen LogP contribution in [0, 0.1) is 0 Å². The molecule has 0 radical (unpaired) electrons. The lowest BCUT2D eigenvalue weighted by Crippen LogP contribution is -2.45. The van der Waals surface area contributed by atoms with Gasteiger partial charge in [0.1, 0.15) is 5.82 Å². The minimum absolute atomic E-state index is 0.252. The predicted octanol–water partition coefficient (Wildman–Crippen LogP) is 1.67. The Labute approximate surface area is 160 Å². The number of nitrogens with one attached hydrogen (secondary N) is 1. The predicted molar refractivity (Wildman–Crippen MR) is 109 cm³/mol. The Morgan fingerprint density at radius 1 is 1.11 bits per heavy atom. The smallest absolute Gasteiger partial charge is 0.225 e. The first kappa shape index (κ1) is 19.4. The Hall–Kier alpha value is -2.32. The van der Waals surface area contributed by atoms with E-state index in [9.17, 15) is 0 Å². The van der Waals surface area contributed by atoms with E-state index in [4.69, 9.17) is 15.2 Å². The van der Waals surface area contributed by atoms with Crippen molar-refractivity contribution in [2.75, 3.05) is 65.0 Å². The number of likely N-dealkylation sites (N-methyl/N-ethyl adjacent to an activating group) is 1. The topological polar surface area (TPSA) is 88.8 Å². The van der Waals surface area contributed by atoms with Crippen LogP contribution in [0.2, 0.25) is 0 Å². The maximum atomic E-state index is 6.15. The first-order valence-electron chi connectivity index (χ1n) is 9.37. The zero-order chi connectivity index (χ0) is 19.4. The Kier molecular flexibility index (Phi) is 6.18. The summed E-state index contributed by atoms with van der Waals surface area (Å²) in [5.74, 6) is 2.20. The molecule has 2 aromatic rings.